The maximum Gasteiger partial charge on any atom is 0.315 e. The first-order valence-electron chi connectivity index (χ1n) is 8.30. The zero-order valence-electron chi connectivity index (χ0n) is 14.9. The standard InChI is InChI=1S/C18H27N3O3/c1-18(2,3)20-17(23)19-14-9-11-21(12-10-14)16(22)13-5-7-15(24-4)8-6-13/h5-8,14H,9-12H2,1-4H3,(H2,19,20,23). The van der Waals surface area contributed by atoms with E-state index in [1.54, 1.807) is 31.4 Å². The van der Waals surface area contributed by atoms with Gasteiger partial charge in [-0.3, -0.25) is 4.79 Å². The highest BCUT2D eigenvalue weighted by molar-refractivity contribution is 5.94. The monoisotopic (exact) mass is 333 g/mol. The Morgan fingerprint density at radius 2 is 1.71 bits per heavy atom. The van der Waals surface area contributed by atoms with Crippen LogP contribution in [0.4, 0.5) is 4.79 Å². The Balaban J connectivity index is 1.83. The first-order valence-corrected chi connectivity index (χ1v) is 8.30. The van der Waals surface area contributed by atoms with E-state index in [4.69, 9.17) is 4.74 Å². The Labute approximate surface area is 143 Å². The van der Waals surface area contributed by atoms with Crippen LogP contribution in [0, 0.1) is 0 Å². The number of nitrogens with zero attached hydrogens (tertiary/aromatic N) is 1. The van der Waals surface area contributed by atoms with Crippen LogP contribution in [-0.2, 0) is 0 Å². The van der Waals surface area contributed by atoms with Gasteiger partial charge in [-0.25, -0.2) is 4.79 Å². The van der Waals surface area contributed by atoms with E-state index < -0.39 is 0 Å². The minimum Gasteiger partial charge on any atom is -0.497 e. The Morgan fingerprint density at radius 3 is 2.21 bits per heavy atom. The van der Waals surface area contributed by atoms with Gasteiger partial charge in [0.15, 0.2) is 0 Å². The van der Waals surface area contributed by atoms with Gasteiger partial charge in [0.1, 0.15) is 5.75 Å². The van der Waals surface area contributed by atoms with E-state index in [-0.39, 0.29) is 23.5 Å². The second-order valence-electron chi connectivity index (χ2n) is 7.14. The predicted octanol–water partition coefficient (Wildman–Crippen LogP) is 2.40. The molecule has 0 unspecified atom stereocenters. The maximum atomic E-state index is 12.5. The van der Waals surface area contributed by atoms with Gasteiger partial charge in [-0.15, -0.1) is 0 Å². The van der Waals surface area contributed by atoms with E-state index >= 15 is 0 Å². The minimum atomic E-state index is -0.255. The molecule has 1 saturated heterocycles. The molecule has 1 aromatic rings. The summed E-state index contributed by atoms with van der Waals surface area (Å²) >= 11 is 0. The molecule has 2 rings (SSSR count). The number of carbonyl (C=O) groups excluding carboxylic acids is 2. The number of benzene rings is 1. The van der Waals surface area contributed by atoms with Crippen LogP contribution in [-0.4, -0.2) is 48.6 Å². The van der Waals surface area contributed by atoms with Gasteiger partial charge in [-0.05, 0) is 57.9 Å². The molecule has 0 saturated carbocycles. The fourth-order valence-corrected chi connectivity index (χ4v) is 2.71. The second-order valence-corrected chi connectivity index (χ2v) is 7.14. The highest BCUT2D eigenvalue weighted by atomic mass is 16.5. The largest absolute Gasteiger partial charge is 0.497 e. The van der Waals surface area contributed by atoms with Crippen LogP contribution in [0.2, 0.25) is 0 Å². The molecule has 132 valence electrons. The van der Waals surface area contributed by atoms with Crippen molar-refractivity contribution in [2.24, 2.45) is 0 Å². The SMILES string of the molecule is COc1ccc(C(=O)N2CCC(NC(=O)NC(C)(C)C)CC2)cc1. The van der Waals surface area contributed by atoms with Crippen molar-refractivity contribution >= 4 is 11.9 Å². The molecule has 0 radical (unpaired) electrons. The van der Waals surface area contributed by atoms with Crippen molar-refractivity contribution in [1.82, 2.24) is 15.5 Å². The van der Waals surface area contributed by atoms with Gasteiger partial charge in [0, 0.05) is 30.2 Å². The van der Waals surface area contributed by atoms with Crippen LogP contribution < -0.4 is 15.4 Å². The molecule has 0 bridgehead atoms. The van der Waals surface area contributed by atoms with Gasteiger partial charge >= 0.3 is 6.03 Å². The molecule has 1 aliphatic rings. The number of piperidine rings is 1. The molecule has 24 heavy (non-hydrogen) atoms. The topological polar surface area (TPSA) is 70.7 Å². The average Bonchev–Trinajstić information content (AvgIpc) is 2.53. The average molecular weight is 333 g/mol. The molecule has 6 nitrogen and oxygen atoms in total. The normalized spacial score (nSPS) is 15.8. The van der Waals surface area contributed by atoms with E-state index in [2.05, 4.69) is 10.6 Å². The summed E-state index contributed by atoms with van der Waals surface area (Å²) in [5.74, 6) is 0.759. The lowest BCUT2D eigenvalue weighted by Crippen LogP contribution is -2.52. The van der Waals surface area contributed by atoms with Gasteiger partial charge < -0.3 is 20.3 Å². The van der Waals surface area contributed by atoms with Gasteiger partial charge in [-0.1, -0.05) is 0 Å². The smallest absolute Gasteiger partial charge is 0.315 e. The number of likely N-dealkylation sites (tertiary alicyclic amines) is 1. The highest BCUT2D eigenvalue weighted by Gasteiger charge is 2.25. The van der Waals surface area contributed by atoms with Crippen LogP contribution in [0.25, 0.3) is 0 Å². The number of nitrogens with one attached hydrogen (secondary N) is 2. The van der Waals surface area contributed by atoms with E-state index in [0.29, 0.717) is 18.7 Å². The molecular formula is C18H27N3O3. The van der Waals surface area contributed by atoms with Crippen LogP contribution in [0.1, 0.15) is 44.0 Å². The number of carbonyl (C=O) groups is 2. The number of hydrogen-bond acceptors (Lipinski definition) is 3. The zero-order valence-corrected chi connectivity index (χ0v) is 14.9. The number of hydrogen-bond donors (Lipinski definition) is 2. The fraction of sp³-hybridized carbons (Fsp3) is 0.556. The quantitative estimate of drug-likeness (QED) is 0.892. The van der Waals surface area contributed by atoms with Crippen LogP contribution in [0.5, 0.6) is 5.75 Å². The summed E-state index contributed by atoms with van der Waals surface area (Å²) in [6.45, 7) is 7.13. The molecule has 1 heterocycles. The lowest BCUT2D eigenvalue weighted by Gasteiger charge is -2.33. The van der Waals surface area contributed by atoms with Crippen molar-refractivity contribution < 1.29 is 14.3 Å². The highest BCUT2D eigenvalue weighted by Crippen LogP contribution is 2.17. The minimum absolute atomic E-state index is 0.0234. The Hall–Kier alpha value is -2.24. The lowest BCUT2D eigenvalue weighted by atomic mass is 10.0. The second kappa shape index (κ2) is 7.55. The van der Waals surface area contributed by atoms with Crippen LogP contribution >= 0.6 is 0 Å². The van der Waals surface area contributed by atoms with E-state index in [9.17, 15) is 9.59 Å². The number of amides is 3. The summed E-state index contributed by atoms with van der Waals surface area (Å²) in [6, 6.07) is 7.09. The van der Waals surface area contributed by atoms with Crippen LogP contribution in [0.3, 0.4) is 0 Å². The summed E-state index contributed by atoms with van der Waals surface area (Å²) in [5.41, 5.74) is 0.405. The number of ether oxygens (including phenoxy) is 1. The number of urea groups is 1. The van der Waals surface area contributed by atoms with E-state index in [1.165, 1.54) is 0 Å². The third-order valence-electron chi connectivity index (χ3n) is 3.94. The van der Waals surface area contributed by atoms with Crippen molar-refractivity contribution in [3.8, 4) is 5.75 Å². The van der Waals surface area contributed by atoms with Crippen molar-refractivity contribution in [2.45, 2.75) is 45.2 Å². The molecular weight excluding hydrogens is 306 g/mol. The summed E-state index contributed by atoms with van der Waals surface area (Å²) < 4.78 is 5.11. The van der Waals surface area contributed by atoms with Crippen molar-refractivity contribution in [1.29, 1.82) is 0 Å². The summed E-state index contributed by atoms with van der Waals surface area (Å²) in [5, 5.41) is 5.88. The molecule has 1 aliphatic heterocycles. The molecule has 0 atom stereocenters. The van der Waals surface area contributed by atoms with E-state index in [0.717, 1.165) is 18.6 Å². The first-order chi connectivity index (χ1) is 11.3. The molecule has 0 aromatic heterocycles. The molecule has 3 amide bonds. The zero-order chi connectivity index (χ0) is 17.7. The molecule has 0 spiro atoms. The number of methoxy groups -OCH3 is 1. The molecule has 2 N–H and O–H groups in total. The van der Waals surface area contributed by atoms with Crippen molar-refractivity contribution in [3.63, 3.8) is 0 Å². The molecule has 1 aromatic carbocycles. The van der Waals surface area contributed by atoms with Gasteiger partial charge in [0.25, 0.3) is 5.91 Å². The maximum absolute atomic E-state index is 12.5. The summed E-state index contributed by atoms with van der Waals surface area (Å²) in [7, 11) is 1.60. The molecule has 1 fully saturated rings. The van der Waals surface area contributed by atoms with E-state index in [1.807, 2.05) is 25.7 Å². The van der Waals surface area contributed by atoms with Gasteiger partial charge in [0.05, 0.1) is 7.11 Å². The summed E-state index contributed by atoms with van der Waals surface area (Å²) in [4.78, 5) is 26.2. The van der Waals surface area contributed by atoms with Crippen molar-refractivity contribution in [2.75, 3.05) is 20.2 Å². The first kappa shape index (κ1) is 18.1. The third kappa shape index (κ3) is 5.15. The van der Waals surface area contributed by atoms with Crippen LogP contribution in [0.15, 0.2) is 24.3 Å². The number of rotatable bonds is 3. The predicted molar refractivity (Wildman–Crippen MR) is 93.3 cm³/mol. The Bertz CT molecular complexity index is 570. The van der Waals surface area contributed by atoms with Gasteiger partial charge in [0.2, 0.25) is 0 Å². The Kier molecular flexibility index (Phi) is 5.70. The fourth-order valence-electron chi connectivity index (χ4n) is 2.71. The summed E-state index contributed by atoms with van der Waals surface area (Å²) in [6.07, 6.45) is 1.53. The van der Waals surface area contributed by atoms with Crippen molar-refractivity contribution in [3.05, 3.63) is 29.8 Å². The Morgan fingerprint density at radius 1 is 1.12 bits per heavy atom. The third-order valence-corrected chi connectivity index (χ3v) is 3.94. The van der Waals surface area contributed by atoms with Gasteiger partial charge in [-0.2, -0.15) is 0 Å². The molecule has 6 heteroatoms. The molecule has 0 aliphatic carbocycles. The lowest BCUT2D eigenvalue weighted by molar-refractivity contribution is 0.0708.